The first-order valence-electron chi connectivity index (χ1n) is 8.35. The maximum Gasteiger partial charge on any atom is 0.310 e. The zero-order valence-corrected chi connectivity index (χ0v) is 15.5. The molecule has 3 aromatic rings. The summed E-state index contributed by atoms with van der Waals surface area (Å²) in [7, 11) is 0. The second-order valence-corrected chi connectivity index (χ2v) is 6.87. The number of pyridine rings is 1. The van der Waals surface area contributed by atoms with Crippen LogP contribution in [0.15, 0.2) is 35.7 Å². The van der Waals surface area contributed by atoms with E-state index in [2.05, 4.69) is 41.4 Å². The predicted octanol–water partition coefficient (Wildman–Crippen LogP) is 5.19. The molecular formula is C21H21NO2S. The second kappa shape index (κ2) is 7.62. The van der Waals surface area contributed by atoms with Crippen LogP contribution in [-0.4, -0.2) is 17.6 Å². The number of esters is 1. The Bertz CT molecular complexity index is 940. The van der Waals surface area contributed by atoms with Gasteiger partial charge in [-0.1, -0.05) is 30.4 Å². The van der Waals surface area contributed by atoms with Gasteiger partial charge in [0, 0.05) is 16.1 Å². The minimum absolute atomic E-state index is 0.173. The molecule has 0 aliphatic heterocycles. The van der Waals surface area contributed by atoms with Crippen molar-refractivity contribution >= 4 is 39.5 Å². The van der Waals surface area contributed by atoms with Crippen LogP contribution in [0.3, 0.4) is 0 Å². The van der Waals surface area contributed by atoms with Gasteiger partial charge in [0.2, 0.25) is 0 Å². The molecule has 0 fully saturated rings. The molecule has 25 heavy (non-hydrogen) atoms. The SMILES string of the molecule is CCOC(=O)Cc1csc2cc(C=Cc3ccc(C)nc3C)ccc12. The Morgan fingerprint density at radius 3 is 2.80 bits per heavy atom. The molecule has 4 heteroatoms. The van der Waals surface area contributed by atoms with Crippen molar-refractivity contribution in [1.82, 2.24) is 4.98 Å². The summed E-state index contributed by atoms with van der Waals surface area (Å²) in [6, 6.07) is 10.4. The van der Waals surface area contributed by atoms with Crippen molar-refractivity contribution in [2.24, 2.45) is 0 Å². The van der Waals surface area contributed by atoms with Crippen LogP contribution < -0.4 is 0 Å². The summed E-state index contributed by atoms with van der Waals surface area (Å²) in [4.78, 5) is 16.2. The van der Waals surface area contributed by atoms with E-state index in [0.29, 0.717) is 13.0 Å². The molecule has 3 nitrogen and oxygen atoms in total. The summed E-state index contributed by atoms with van der Waals surface area (Å²) in [5.41, 5.74) is 5.36. The number of carbonyl (C=O) groups is 1. The lowest BCUT2D eigenvalue weighted by Gasteiger charge is -2.02. The van der Waals surface area contributed by atoms with Crippen LogP contribution >= 0.6 is 11.3 Å². The van der Waals surface area contributed by atoms with Crippen molar-refractivity contribution in [1.29, 1.82) is 0 Å². The molecule has 0 atom stereocenters. The highest BCUT2D eigenvalue weighted by atomic mass is 32.1. The van der Waals surface area contributed by atoms with Gasteiger partial charge in [0.25, 0.3) is 0 Å². The van der Waals surface area contributed by atoms with Crippen LogP contribution in [0.5, 0.6) is 0 Å². The fourth-order valence-corrected chi connectivity index (χ4v) is 3.78. The molecule has 0 unspecified atom stereocenters. The Morgan fingerprint density at radius 1 is 1.20 bits per heavy atom. The molecule has 0 saturated carbocycles. The molecule has 0 N–H and O–H groups in total. The zero-order chi connectivity index (χ0) is 17.8. The number of rotatable bonds is 5. The standard InChI is InChI=1S/C21H21NO2S/c1-4-24-21(23)12-18-13-25-20-11-16(7-10-19(18)20)6-9-17-8-5-14(2)22-15(17)3/h5-11,13H,4,12H2,1-3H3. The summed E-state index contributed by atoms with van der Waals surface area (Å²) in [5.74, 6) is -0.173. The molecule has 2 heterocycles. The Kier molecular flexibility index (Phi) is 5.29. The first-order valence-corrected chi connectivity index (χ1v) is 9.23. The van der Waals surface area contributed by atoms with Crippen molar-refractivity contribution in [3.8, 4) is 0 Å². The number of hydrogen-bond donors (Lipinski definition) is 0. The highest BCUT2D eigenvalue weighted by Gasteiger charge is 2.09. The van der Waals surface area contributed by atoms with Crippen molar-refractivity contribution in [2.45, 2.75) is 27.2 Å². The summed E-state index contributed by atoms with van der Waals surface area (Å²) >= 11 is 1.66. The molecule has 0 radical (unpaired) electrons. The lowest BCUT2D eigenvalue weighted by molar-refractivity contribution is -0.142. The summed E-state index contributed by atoms with van der Waals surface area (Å²) in [6.07, 6.45) is 4.52. The lowest BCUT2D eigenvalue weighted by Crippen LogP contribution is -2.06. The number of benzene rings is 1. The van der Waals surface area contributed by atoms with E-state index < -0.39 is 0 Å². The topological polar surface area (TPSA) is 39.2 Å². The van der Waals surface area contributed by atoms with Crippen LogP contribution in [0.2, 0.25) is 0 Å². The molecule has 128 valence electrons. The van der Waals surface area contributed by atoms with Gasteiger partial charge in [-0.05, 0) is 60.4 Å². The van der Waals surface area contributed by atoms with Gasteiger partial charge in [0.1, 0.15) is 0 Å². The highest BCUT2D eigenvalue weighted by Crippen LogP contribution is 2.28. The summed E-state index contributed by atoms with van der Waals surface area (Å²) in [6.45, 7) is 6.27. The van der Waals surface area contributed by atoms with E-state index in [-0.39, 0.29) is 5.97 Å². The largest absolute Gasteiger partial charge is 0.466 e. The molecule has 3 rings (SSSR count). The van der Waals surface area contributed by atoms with Crippen LogP contribution in [0.25, 0.3) is 22.2 Å². The maximum absolute atomic E-state index is 11.7. The lowest BCUT2D eigenvalue weighted by atomic mass is 10.1. The molecule has 0 bridgehead atoms. The predicted molar refractivity (Wildman–Crippen MR) is 105 cm³/mol. The third-order valence-electron chi connectivity index (χ3n) is 4.04. The average molecular weight is 351 g/mol. The summed E-state index contributed by atoms with van der Waals surface area (Å²) < 4.78 is 6.22. The van der Waals surface area contributed by atoms with Gasteiger partial charge in [-0.15, -0.1) is 11.3 Å². The highest BCUT2D eigenvalue weighted by molar-refractivity contribution is 7.17. The first-order chi connectivity index (χ1) is 12.1. The fourth-order valence-electron chi connectivity index (χ4n) is 2.77. The number of fused-ring (bicyclic) bond motifs is 1. The van der Waals surface area contributed by atoms with Gasteiger partial charge < -0.3 is 4.74 Å². The zero-order valence-electron chi connectivity index (χ0n) is 14.7. The molecule has 2 aromatic heterocycles. The van der Waals surface area contributed by atoms with E-state index in [0.717, 1.165) is 33.5 Å². The van der Waals surface area contributed by atoms with E-state index in [1.165, 1.54) is 4.70 Å². The van der Waals surface area contributed by atoms with Crippen molar-refractivity contribution in [3.63, 3.8) is 0 Å². The van der Waals surface area contributed by atoms with Crippen molar-refractivity contribution in [2.75, 3.05) is 6.61 Å². The van der Waals surface area contributed by atoms with Gasteiger partial charge in [-0.2, -0.15) is 0 Å². The van der Waals surface area contributed by atoms with E-state index in [4.69, 9.17) is 4.74 Å². The number of thiophene rings is 1. The van der Waals surface area contributed by atoms with Crippen molar-refractivity contribution < 1.29 is 9.53 Å². The van der Waals surface area contributed by atoms with Gasteiger partial charge in [0.15, 0.2) is 0 Å². The summed E-state index contributed by atoms with van der Waals surface area (Å²) in [5, 5.41) is 3.17. The molecule has 0 aliphatic rings. The number of hydrogen-bond acceptors (Lipinski definition) is 4. The van der Waals surface area contributed by atoms with E-state index >= 15 is 0 Å². The Morgan fingerprint density at radius 2 is 2.04 bits per heavy atom. The van der Waals surface area contributed by atoms with Crippen molar-refractivity contribution in [3.05, 3.63) is 63.8 Å². The van der Waals surface area contributed by atoms with E-state index in [1.54, 1.807) is 11.3 Å². The third-order valence-corrected chi connectivity index (χ3v) is 5.04. The third kappa shape index (κ3) is 4.15. The molecule has 0 amide bonds. The number of nitrogens with zero attached hydrogens (tertiary/aromatic N) is 1. The minimum atomic E-state index is -0.173. The van der Waals surface area contributed by atoms with Gasteiger partial charge in [0.05, 0.1) is 13.0 Å². The molecule has 0 spiro atoms. The normalized spacial score (nSPS) is 11.3. The fraction of sp³-hybridized carbons (Fsp3) is 0.238. The average Bonchev–Trinajstić information content (AvgIpc) is 2.96. The van der Waals surface area contributed by atoms with Crippen LogP contribution in [0.4, 0.5) is 0 Å². The quantitative estimate of drug-likeness (QED) is 0.594. The first kappa shape index (κ1) is 17.4. The Hall–Kier alpha value is -2.46. The molecule has 0 aliphatic carbocycles. The Balaban J connectivity index is 1.82. The molecule has 0 saturated heterocycles. The second-order valence-electron chi connectivity index (χ2n) is 5.96. The number of ether oxygens (including phenoxy) is 1. The smallest absolute Gasteiger partial charge is 0.310 e. The van der Waals surface area contributed by atoms with Gasteiger partial charge in [-0.25, -0.2) is 0 Å². The van der Waals surface area contributed by atoms with Gasteiger partial charge in [-0.3, -0.25) is 9.78 Å². The minimum Gasteiger partial charge on any atom is -0.466 e. The number of aryl methyl sites for hydroxylation is 2. The van der Waals surface area contributed by atoms with Gasteiger partial charge >= 0.3 is 5.97 Å². The van der Waals surface area contributed by atoms with E-state index in [9.17, 15) is 4.79 Å². The number of aromatic nitrogens is 1. The van der Waals surface area contributed by atoms with Crippen LogP contribution in [0.1, 0.15) is 35.0 Å². The van der Waals surface area contributed by atoms with E-state index in [1.807, 2.05) is 32.2 Å². The molecular weight excluding hydrogens is 330 g/mol. The maximum atomic E-state index is 11.7. The monoisotopic (exact) mass is 351 g/mol. The van der Waals surface area contributed by atoms with Crippen LogP contribution in [0, 0.1) is 13.8 Å². The molecule has 1 aromatic carbocycles. The van der Waals surface area contributed by atoms with Crippen LogP contribution in [-0.2, 0) is 16.0 Å². The Labute approximate surface area is 152 Å². The number of carbonyl (C=O) groups excluding carboxylic acids is 1.